The van der Waals surface area contributed by atoms with E-state index in [0.717, 1.165) is 18.1 Å². The molecule has 0 radical (unpaired) electrons. The number of rotatable bonds is 2. The summed E-state index contributed by atoms with van der Waals surface area (Å²) in [6.07, 6.45) is 0.262. The number of morpholine rings is 1. The van der Waals surface area contributed by atoms with Gasteiger partial charge in [0.15, 0.2) is 5.69 Å². The molecule has 1 amide bonds. The Morgan fingerprint density at radius 2 is 2.12 bits per heavy atom. The summed E-state index contributed by atoms with van der Waals surface area (Å²) in [5.74, 6) is -0.532. The third-order valence-electron chi connectivity index (χ3n) is 2.41. The Hall–Kier alpha value is -1.21. The minimum absolute atomic E-state index is 0.131. The van der Waals surface area contributed by atoms with E-state index in [1.54, 1.807) is 0 Å². The number of anilines is 1. The van der Waals surface area contributed by atoms with Gasteiger partial charge in [-0.1, -0.05) is 4.49 Å². The number of amides is 1. The molecule has 2 atom stereocenters. The highest BCUT2D eigenvalue weighted by atomic mass is 32.1. The molecule has 16 heavy (non-hydrogen) atoms. The fraction of sp³-hybridized carbons (Fsp3) is 0.667. The third-order valence-corrected chi connectivity index (χ3v) is 3.20. The first-order valence-electron chi connectivity index (χ1n) is 5.10. The smallest absolute Gasteiger partial charge is 0.272 e. The highest BCUT2D eigenvalue weighted by Gasteiger charge is 2.27. The Morgan fingerprint density at radius 1 is 1.50 bits per heavy atom. The zero-order valence-electron chi connectivity index (χ0n) is 9.21. The lowest BCUT2D eigenvalue weighted by Gasteiger charge is -2.35. The Kier molecular flexibility index (Phi) is 3.06. The lowest BCUT2D eigenvalue weighted by Crippen LogP contribution is -2.45. The van der Waals surface area contributed by atoms with Gasteiger partial charge in [-0.25, -0.2) is 0 Å². The molecule has 1 saturated heterocycles. The number of carbonyl (C=O) groups is 1. The minimum Gasteiger partial charge on any atom is -0.372 e. The van der Waals surface area contributed by atoms with Gasteiger partial charge >= 0.3 is 0 Å². The van der Waals surface area contributed by atoms with Crippen LogP contribution in [-0.2, 0) is 4.74 Å². The largest absolute Gasteiger partial charge is 0.372 e. The van der Waals surface area contributed by atoms with Crippen LogP contribution in [0.1, 0.15) is 24.3 Å². The van der Waals surface area contributed by atoms with Crippen LogP contribution < -0.4 is 10.6 Å². The first kappa shape index (κ1) is 11.3. The lowest BCUT2D eigenvalue weighted by molar-refractivity contribution is -0.00507. The van der Waals surface area contributed by atoms with Crippen molar-refractivity contribution in [1.82, 2.24) is 9.59 Å². The van der Waals surface area contributed by atoms with E-state index in [0.29, 0.717) is 0 Å². The molecule has 2 N–H and O–H groups in total. The molecule has 1 aliphatic rings. The maximum absolute atomic E-state index is 11.2. The maximum atomic E-state index is 11.2. The summed E-state index contributed by atoms with van der Waals surface area (Å²) in [5.41, 5.74) is 5.50. The van der Waals surface area contributed by atoms with Gasteiger partial charge in [0.1, 0.15) is 5.00 Å². The van der Waals surface area contributed by atoms with Crippen molar-refractivity contribution < 1.29 is 9.53 Å². The topological polar surface area (TPSA) is 81.3 Å². The fourth-order valence-corrected chi connectivity index (χ4v) is 2.58. The quantitative estimate of drug-likeness (QED) is 0.804. The van der Waals surface area contributed by atoms with E-state index in [9.17, 15) is 4.79 Å². The fourth-order valence-electron chi connectivity index (χ4n) is 1.89. The molecule has 1 aromatic heterocycles. The van der Waals surface area contributed by atoms with Gasteiger partial charge in [0, 0.05) is 24.6 Å². The first-order valence-corrected chi connectivity index (χ1v) is 5.88. The molecule has 0 bridgehead atoms. The molecule has 6 nitrogen and oxygen atoms in total. The van der Waals surface area contributed by atoms with Crippen LogP contribution in [0, 0.1) is 0 Å². The second-order valence-corrected chi connectivity index (χ2v) is 4.69. The summed E-state index contributed by atoms with van der Waals surface area (Å²) in [4.78, 5) is 13.2. The van der Waals surface area contributed by atoms with E-state index in [1.807, 2.05) is 13.8 Å². The monoisotopic (exact) mass is 242 g/mol. The van der Waals surface area contributed by atoms with Crippen molar-refractivity contribution in [2.45, 2.75) is 26.1 Å². The Morgan fingerprint density at radius 3 is 2.69 bits per heavy atom. The van der Waals surface area contributed by atoms with Crippen molar-refractivity contribution >= 4 is 22.4 Å². The maximum Gasteiger partial charge on any atom is 0.272 e. The van der Waals surface area contributed by atoms with Gasteiger partial charge in [0.05, 0.1) is 12.2 Å². The van der Waals surface area contributed by atoms with Gasteiger partial charge in [-0.2, -0.15) is 0 Å². The van der Waals surface area contributed by atoms with Gasteiger partial charge in [-0.05, 0) is 13.8 Å². The highest BCUT2D eigenvalue weighted by molar-refractivity contribution is 7.10. The van der Waals surface area contributed by atoms with Crippen LogP contribution in [0.15, 0.2) is 0 Å². The van der Waals surface area contributed by atoms with E-state index in [-0.39, 0.29) is 17.9 Å². The summed E-state index contributed by atoms with van der Waals surface area (Å²) in [6.45, 7) is 5.46. The number of hydrogen-bond donors (Lipinski definition) is 1. The van der Waals surface area contributed by atoms with E-state index in [1.165, 1.54) is 11.5 Å². The molecule has 1 aromatic rings. The van der Waals surface area contributed by atoms with Crippen LogP contribution in [-0.4, -0.2) is 40.8 Å². The van der Waals surface area contributed by atoms with Gasteiger partial charge in [0.2, 0.25) is 0 Å². The predicted molar refractivity (Wildman–Crippen MR) is 60.6 cm³/mol. The molecular weight excluding hydrogens is 228 g/mol. The molecule has 0 spiro atoms. The molecule has 0 aromatic carbocycles. The van der Waals surface area contributed by atoms with Crippen molar-refractivity contribution in [3.63, 3.8) is 0 Å². The van der Waals surface area contributed by atoms with E-state index in [2.05, 4.69) is 14.5 Å². The number of ether oxygens (including phenoxy) is 1. The van der Waals surface area contributed by atoms with Crippen molar-refractivity contribution in [2.75, 3.05) is 18.0 Å². The normalized spacial score (nSPS) is 25.8. The molecule has 2 rings (SSSR count). The first-order chi connectivity index (χ1) is 7.58. The Balaban J connectivity index is 2.23. The minimum atomic E-state index is -0.532. The second kappa shape index (κ2) is 4.34. The van der Waals surface area contributed by atoms with Gasteiger partial charge in [0.25, 0.3) is 5.91 Å². The average molecular weight is 242 g/mol. The van der Waals surface area contributed by atoms with Crippen LogP contribution in [0.2, 0.25) is 0 Å². The molecule has 2 heterocycles. The molecular formula is C9H14N4O2S. The van der Waals surface area contributed by atoms with E-state index >= 15 is 0 Å². The van der Waals surface area contributed by atoms with Crippen molar-refractivity contribution in [3.8, 4) is 0 Å². The zero-order chi connectivity index (χ0) is 11.7. The van der Waals surface area contributed by atoms with Crippen LogP contribution in [0.3, 0.4) is 0 Å². The van der Waals surface area contributed by atoms with Crippen molar-refractivity contribution in [2.24, 2.45) is 5.73 Å². The number of hydrogen-bond acceptors (Lipinski definition) is 6. The van der Waals surface area contributed by atoms with Gasteiger partial charge < -0.3 is 15.4 Å². The third kappa shape index (κ3) is 2.14. The number of nitrogens with two attached hydrogens (primary N) is 1. The standard InChI is InChI=1S/C9H14N4O2S/c1-5-3-13(4-6(2)15-5)9-7(8(10)14)11-12-16-9/h5-6H,3-4H2,1-2H3,(H2,10,14)/t5-,6-/m0/s1. The summed E-state index contributed by atoms with van der Waals surface area (Å²) < 4.78 is 9.40. The second-order valence-electron chi connectivity index (χ2n) is 3.95. The summed E-state index contributed by atoms with van der Waals surface area (Å²) in [7, 11) is 0. The molecule has 1 aliphatic heterocycles. The molecule has 0 unspecified atom stereocenters. The number of aromatic nitrogens is 2. The van der Waals surface area contributed by atoms with E-state index in [4.69, 9.17) is 10.5 Å². The number of primary amides is 1. The van der Waals surface area contributed by atoms with Crippen molar-refractivity contribution in [3.05, 3.63) is 5.69 Å². The summed E-state index contributed by atoms with van der Waals surface area (Å²) in [6, 6.07) is 0. The number of nitrogens with zero attached hydrogens (tertiary/aromatic N) is 3. The van der Waals surface area contributed by atoms with Crippen LogP contribution in [0.5, 0.6) is 0 Å². The van der Waals surface area contributed by atoms with Crippen molar-refractivity contribution in [1.29, 1.82) is 0 Å². The van der Waals surface area contributed by atoms with Crippen LogP contribution >= 0.6 is 11.5 Å². The Bertz CT molecular complexity index is 385. The van der Waals surface area contributed by atoms with Gasteiger partial charge in [-0.15, -0.1) is 5.10 Å². The average Bonchev–Trinajstić information content (AvgIpc) is 2.63. The van der Waals surface area contributed by atoms with Crippen LogP contribution in [0.25, 0.3) is 0 Å². The summed E-state index contributed by atoms with van der Waals surface area (Å²) in [5, 5.41) is 4.50. The van der Waals surface area contributed by atoms with Crippen LogP contribution in [0.4, 0.5) is 5.00 Å². The zero-order valence-corrected chi connectivity index (χ0v) is 10.0. The van der Waals surface area contributed by atoms with Gasteiger partial charge in [-0.3, -0.25) is 4.79 Å². The molecule has 0 saturated carbocycles. The number of carbonyl (C=O) groups excluding carboxylic acids is 1. The predicted octanol–water partition coefficient (Wildman–Crippen LogP) is 0.251. The Labute approximate surface area is 97.5 Å². The highest BCUT2D eigenvalue weighted by Crippen LogP contribution is 2.26. The SMILES string of the molecule is C[C@H]1CN(c2snnc2C(N)=O)C[C@H](C)O1. The summed E-state index contributed by atoms with van der Waals surface area (Å²) >= 11 is 1.20. The van der Waals surface area contributed by atoms with E-state index < -0.39 is 5.91 Å². The molecule has 0 aliphatic carbocycles. The molecule has 88 valence electrons. The lowest BCUT2D eigenvalue weighted by atomic mass is 10.2. The molecule has 1 fully saturated rings. The molecule has 7 heteroatoms.